The summed E-state index contributed by atoms with van der Waals surface area (Å²) in [5, 5.41) is 8.78. The monoisotopic (exact) mass is 257 g/mol. The number of carboxylic acid groups (broad SMARTS) is 1. The van der Waals surface area contributed by atoms with E-state index in [9.17, 15) is 18.4 Å². The number of aliphatic carboxylic acids is 1. The number of carboxylic acids is 1. The summed E-state index contributed by atoms with van der Waals surface area (Å²) in [6.07, 6.45) is 0. The number of carbonyl (C=O) groups is 2. The maximum atomic E-state index is 13.5. The van der Waals surface area contributed by atoms with E-state index in [1.807, 2.05) is 0 Å². The molecule has 0 heterocycles. The highest BCUT2D eigenvalue weighted by atomic mass is 19.1. The molecular formula is C12H13F2NO3. The molecule has 1 atom stereocenters. The van der Waals surface area contributed by atoms with Gasteiger partial charge in [0.25, 0.3) is 0 Å². The highest BCUT2D eigenvalue weighted by molar-refractivity contribution is 5.92. The molecule has 1 amide bonds. The first-order valence-corrected chi connectivity index (χ1v) is 5.29. The summed E-state index contributed by atoms with van der Waals surface area (Å²) in [5.41, 5.74) is -0.128. The van der Waals surface area contributed by atoms with Gasteiger partial charge < -0.3 is 10.0 Å². The van der Waals surface area contributed by atoms with Gasteiger partial charge >= 0.3 is 5.97 Å². The normalized spacial score (nSPS) is 12.0. The third-order valence-electron chi connectivity index (χ3n) is 2.46. The molecule has 1 unspecified atom stereocenters. The van der Waals surface area contributed by atoms with Crippen LogP contribution in [-0.4, -0.2) is 23.5 Å². The summed E-state index contributed by atoms with van der Waals surface area (Å²) in [6, 6.07) is 2.77. The van der Waals surface area contributed by atoms with Crippen molar-refractivity contribution in [3.63, 3.8) is 0 Å². The van der Waals surface area contributed by atoms with Crippen LogP contribution in [0.2, 0.25) is 0 Å². The van der Waals surface area contributed by atoms with E-state index in [1.165, 1.54) is 13.8 Å². The zero-order valence-electron chi connectivity index (χ0n) is 9.98. The standard InChI is InChI=1S/C12H13F2NO3/c1-7(12(17)18)6-15(8(2)16)11-4-3-9(13)5-10(11)14/h3-5,7H,6H2,1-2H3,(H,17,18). The Kier molecular flexibility index (Phi) is 4.36. The van der Waals surface area contributed by atoms with Crippen LogP contribution in [0.4, 0.5) is 14.5 Å². The van der Waals surface area contributed by atoms with Crippen LogP contribution in [0.1, 0.15) is 13.8 Å². The molecule has 1 aromatic rings. The van der Waals surface area contributed by atoms with Gasteiger partial charge in [0.05, 0.1) is 11.6 Å². The molecule has 0 aliphatic rings. The van der Waals surface area contributed by atoms with Crippen molar-refractivity contribution in [2.45, 2.75) is 13.8 Å². The molecule has 0 aliphatic heterocycles. The fourth-order valence-electron chi connectivity index (χ4n) is 1.45. The molecule has 0 saturated carbocycles. The van der Waals surface area contributed by atoms with Crippen LogP contribution >= 0.6 is 0 Å². The van der Waals surface area contributed by atoms with E-state index in [0.717, 1.165) is 17.0 Å². The minimum atomic E-state index is -1.09. The molecular weight excluding hydrogens is 244 g/mol. The van der Waals surface area contributed by atoms with Crippen LogP contribution in [0.25, 0.3) is 0 Å². The van der Waals surface area contributed by atoms with Gasteiger partial charge in [-0.05, 0) is 12.1 Å². The Hall–Kier alpha value is -1.98. The second-order valence-corrected chi connectivity index (χ2v) is 3.96. The third kappa shape index (κ3) is 3.26. The molecule has 98 valence electrons. The molecule has 0 fully saturated rings. The van der Waals surface area contributed by atoms with Crippen molar-refractivity contribution in [2.24, 2.45) is 5.92 Å². The second kappa shape index (κ2) is 5.57. The lowest BCUT2D eigenvalue weighted by atomic mass is 10.1. The number of anilines is 1. The first-order valence-electron chi connectivity index (χ1n) is 5.29. The van der Waals surface area contributed by atoms with E-state index in [0.29, 0.717) is 6.07 Å². The Labute approximate surface area is 103 Å². The minimum absolute atomic E-state index is 0.128. The molecule has 4 nitrogen and oxygen atoms in total. The Balaban J connectivity index is 3.05. The summed E-state index contributed by atoms with van der Waals surface area (Å²) in [7, 11) is 0. The van der Waals surface area contributed by atoms with Gasteiger partial charge in [0.15, 0.2) is 0 Å². The van der Waals surface area contributed by atoms with Gasteiger partial charge in [-0.15, -0.1) is 0 Å². The molecule has 0 aliphatic carbocycles. The number of benzene rings is 1. The maximum Gasteiger partial charge on any atom is 0.308 e. The number of nitrogens with zero attached hydrogens (tertiary/aromatic N) is 1. The lowest BCUT2D eigenvalue weighted by Gasteiger charge is -2.23. The van der Waals surface area contributed by atoms with E-state index in [4.69, 9.17) is 5.11 Å². The van der Waals surface area contributed by atoms with E-state index >= 15 is 0 Å². The number of halogens is 2. The lowest BCUT2D eigenvalue weighted by Crippen LogP contribution is -2.36. The van der Waals surface area contributed by atoms with Crippen molar-refractivity contribution in [1.29, 1.82) is 0 Å². The summed E-state index contributed by atoms with van der Waals surface area (Å²) in [5.74, 6) is -4.11. The number of carbonyl (C=O) groups excluding carboxylic acids is 1. The Morgan fingerprint density at radius 2 is 2.00 bits per heavy atom. The highest BCUT2D eigenvalue weighted by Gasteiger charge is 2.22. The molecule has 0 radical (unpaired) electrons. The summed E-state index contributed by atoms with van der Waals surface area (Å²) >= 11 is 0. The van der Waals surface area contributed by atoms with Crippen LogP contribution < -0.4 is 4.90 Å². The van der Waals surface area contributed by atoms with Crippen molar-refractivity contribution in [2.75, 3.05) is 11.4 Å². The van der Waals surface area contributed by atoms with Crippen molar-refractivity contribution >= 4 is 17.6 Å². The highest BCUT2D eigenvalue weighted by Crippen LogP contribution is 2.21. The predicted molar refractivity (Wildman–Crippen MR) is 61.2 cm³/mol. The van der Waals surface area contributed by atoms with Crippen molar-refractivity contribution < 1.29 is 23.5 Å². The van der Waals surface area contributed by atoms with E-state index < -0.39 is 29.4 Å². The van der Waals surface area contributed by atoms with Gasteiger partial charge in [-0.2, -0.15) is 0 Å². The summed E-state index contributed by atoms with van der Waals surface area (Å²) < 4.78 is 26.3. The van der Waals surface area contributed by atoms with E-state index in [1.54, 1.807) is 0 Å². The zero-order valence-corrected chi connectivity index (χ0v) is 9.98. The zero-order chi connectivity index (χ0) is 13.9. The second-order valence-electron chi connectivity index (χ2n) is 3.96. The van der Waals surface area contributed by atoms with Crippen LogP contribution in [0.5, 0.6) is 0 Å². The van der Waals surface area contributed by atoms with Gasteiger partial charge in [0.2, 0.25) is 5.91 Å². The van der Waals surface area contributed by atoms with E-state index in [-0.39, 0.29) is 12.2 Å². The van der Waals surface area contributed by atoms with Gasteiger partial charge in [0, 0.05) is 19.5 Å². The first kappa shape index (κ1) is 14.1. The average molecular weight is 257 g/mol. The van der Waals surface area contributed by atoms with Gasteiger partial charge in [-0.25, -0.2) is 8.78 Å². The minimum Gasteiger partial charge on any atom is -0.481 e. The number of amides is 1. The molecule has 6 heteroatoms. The molecule has 0 spiro atoms. The molecule has 0 bridgehead atoms. The van der Waals surface area contributed by atoms with Gasteiger partial charge in [-0.3, -0.25) is 9.59 Å². The Morgan fingerprint density at radius 1 is 1.39 bits per heavy atom. The molecule has 1 aromatic carbocycles. The smallest absolute Gasteiger partial charge is 0.308 e. The van der Waals surface area contributed by atoms with Crippen LogP contribution in [-0.2, 0) is 9.59 Å². The Bertz CT molecular complexity index is 476. The molecule has 0 aromatic heterocycles. The van der Waals surface area contributed by atoms with Crippen LogP contribution in [0.3, 0.4) is 0 Å². The molecule has 0 saturated heterocycles. The topological polar surface area (TPSA) is 57.6 Å². The predicted octanol–water partition coefficient (Wildman–Crippen LogP) is 2.04. The average Bonchev–Trinajstić information content (AvgIpc) is 2.26. The number of rotatable bonds is 4. The van der Waals surface area contributed by atoms with Crippen LogP contribution in [0, 0.1) is 17.6 Å². The summed E-state index contributed by atoms with van der Waals surface area (Å²) in [4.78, 5) is 23.1. The Morgan fingerprint density at radius 3 is 2.44 bits per heavy atom. The SMILES string of the molecule is CC(=O)N(CC(C)C(=O)O)c1ccc(F)cc1F. The quantitative estimate of drug-likeness (QED) is 0.898. The van der Waals surface area contributed by atoms with E-state index in [2.05, 4.69) is 0 Å². The molecule has 1 rings (SSSR count). The molecule has 18 heavy (non-hydrogen) atoms. The fourth-order valence-corrected chi connectivity index (χ4v) is 1.45. The van der Waals surface area contributed by atoms with Gasteiger partial charge in [0.1, 0.15) is 11.6 Å². The lowest BCUT2D eigenvalue weighted by molar-refractivity contribution is -0.140. The number of hydrogen-bond acceptors (Lipinski definition) is 2. The first-order chi connectivity index (χ1) is 8.32. The summed E-state index contributed by atoms with van der Waals surface area (Å²) in [6.45, 7) is 2.42. The van der Waals surface area contributed by atoms with Crippen molar-refractivity contribution in [1.82, 2.24) is 0 Å². The third-order valence-corrected chi connectivity index (χ3v) is 2.46. The van der Waals surface area contributed by atoms with Crippen LogP contribution in [0.15, 0.2) is 18.2 Å². The number of hydrogen-bond donors (Lipinski definition) is 1. The largest absolute Gasteiger partial charge is 0.481 e. The fraction of sp³-hybridized carbons (Fsp3) is 0.333. The molecule has 1 N–H and O–H groups in total. The maximum absolute atomic E-state index is 13.5. The van der Waals surface area contributed by atoms with Crippen molar-refractivity contribution in [3.05, 3.63) is 29.8 Å². The van der Waals surface area contributed by atoms with Crippen molar-refractivity contribution in [3.8, 4) is 0 Å². The van der Waals surface area contributed by atoms with Gasteiger partial charge in [-0.1, -0.05) is 6.92 Å².